The number of amides is 1. The van der Waals surface area contributed by atoms with Gasteiger partial charge in [0.25, 0.3) is 5.89 Å². The van der Waals surface area contributed by atoms with Crippen LogP contribution in [0, 0.1) is 17.8 Å². The molecule has 0 fully saturated rings. The smallest absolute Gasteiger partial charge is 0.250 e. The number of halogens is 2. The molecule has 0 radical (unpaired) electrons. The first-order valence-electron chi connectivity index (χ1n) is 18.5. The number of benzene rings is 3. The van der Waals surface area contributed by atoms with E-state index in [1.54, 1.807) is 13.8 Å². The Bertz CT molecular complexity index is 2640. The standard InChI is InChI=1S/C42H37Cl2N5O6/c1-17(2)30-39-46-32-35(55-39)42-23-10-6-9-22(21-8-7-11-25-28(21)29(37(44)49(25)5)34-36(43)48-40(32)54-34)31(23)47-41(42)53-27-13-12-19(15-24(27)42)14-20(38(52)45-30)16-26(50)33(51)18(3)4/h6-13,15,17-18,20,30,33,41,47,51H,14,16H2,1-5H3,(H,45,52)/t20-,30+,33+,41?,42+/m1/s1. The minimum Gasteiger partial charge on any atom is -0.469 e. The Morgan fingerprint density at radius 2 is 1.80 bits per heavy atom. The highest BCUT2D eigenvalue weighted by Gasteiger charge is 2.62. The number of nitrogens with zero attached hydrogens (tertiary/aromatic N) is 3. The van der Waals surface area contributed by atoms with Crippen molar-refractivity contribution in [2.75, 3.05) is 5.32 Å². The number of anilines is 1. The first kappa shape index (κ1) is 34.4. The van der Waals surface area contributed by atoms with Crippen LogP contribution in [-0.2, 0) is 28.5 Å². The number of Topliss-reactive ketones (excluding diaryl/α,β-unsaturated/α-hetero) is 1. The number of aliphatic hydroxyl groups is 1. The largest absolute Gasteiger partial charge is 0.469 e. The van der Waals surface area contributed by atoms with E-state index in [9.17, 15) is 14.7 Å². The summed E-state index contributed by atoms with van der Waals surface area (Å²) < 4.78 is 22.4. The van der Waals surface area contributed by atoms with E-state index in [2.05, 4.69) is 28.8 Å². The van der Waals surface area contributed by atoms with Crippen molar-refractivity contribution < 1.29 is 28.3 Å². The molecule has 4 aliphatic heterocycles. The average molecular weight is 779 g/mol. The number of aliphatic hydroxyl groups excluding tert-OH is 1. The van der Waals surface area contributed by atoms with Gasteiger partial charge in [-0.15, -0.1) is 0 Å². The van der Waals surface area contributed by atoms with Crippen LogP contribution in [0.3, 0.4) is 0 Å². The monoisotopic (exact) mass is 777 g/mol. The van der Waals surface area contributed by atoms with E-state index in [1.807, 2.05) is 61.9 Å². The van der Waals surface area contributed by atoms with Gasteiger partial charge in [-0.1, -0.05) is 93.4 Å². The predicted molar refractivity (Wildman–Crippen MR) is 207 cm³/mol. The number of hydrogen-bond acceptors (Lipinski definition) is 9. The van der Waals surface area contributed by atoms with E-state index < -0.39 is 29.7 Å². The molecule has 6 aromatic rings. The minimum absolute atomic E-state index is 0.106. The molecule has 55 heavy (non-hydrogen) atoms. The number of carbonyl (C=O) groups excluding carboxylic acids is 2. The van der Waals surface area contributed by atoms with Crippen molar-refractivity contribution in [3.05, 3.63) is 93.2 Å². The van der Waals surface area contributed by atoms with Gasteiger partial charge in [-0.05, 0) is 41.5 Å². The first-order chi connectivity index (χ1) is 26.4. The normalized spacial score (nSPS) is 22.1. The van der Waals surface area contributed by atoms with E-state index in [0.29, 0.717) is 33.7 Å². The number of nitrogens with one attached hydrogen (secondary N) is 2. The van der Waals surface area contributed by atoms with Crippen LogP contribution in [0.4, 0.5) is 5.69 Å². The Labute approximate surface area is 326 Å². The van der Waals surface area contributed by atoms with E-state index in [0.717, 1.165) is 44.4 Å². The average Bonchev–Trinajstić information content (AvgIpc) is 3.95. The number of ketones is 1. The van der Waals surface area contributed by atoms with Crippen molar-refractivity contribution in [2.45, 2.75) is 64.3 Å². The second kappa shape index (κ2) is 11.9. The Morgan fingerprint density at radius 3 is 2.58 bits per heavy atom. The number of ether oxygens (including phenoxy) is 1. The van der Waals surface area contributed by atoms with E-state index in [1.165, 1.54) is 0 Å². The van der Waals surface area contributed by atoms with Gasteiger partial charge in [0, 0.05) is 47.2 Å². The van der Waals surface area contributed by atoms with Gasteiger partial charge < -0.3 is 33.9 Å². The zero-order valence-electron chi connectivity index (χ0n) is 30.7. The molecule has 5 atom stereocenters. The van der Waals surface area contributed by atoms with Crippen LogP contribution in [-0.4, -0.2) is 43.7 Å². The van der Waals surface area contributed by atoms with Crippen molar-refractivity contribution in [1.29, 1.82) is 0 Å². The van der Waals surface area contributed by atoms with Gasteiger partial charge >= 0.3 is 0 Å². The summed E-state index contributed by atoms with van der Waals surface area (Å²) in [5.41, 5.74) is 5.85. The number of aryl methyl sites for hydroxylation is 1. The van der Waals surface area contributed by atoms with Crippen LogP contribution >= 0.6 is 23.2 Å². The van der Waals surface area contributed by atoms with Crippen LogP contribution in [0.25, 0.3) is 44.9 Å². The van der Waals surface area contributed by atoms with Crippen LogP contribution in [0.5, 0.6) is 5.75 Å². The number of oxazole rings is 2. The Morgan fingerprint density at radius 1 is 1.02 bits per heavy atom. The van der Waals surface area contributed by atoms with Gasteiger partial charge in [0.15, 0.2) is 34.4 Å². The van der Waals surface area contributed by atoms with Crippen LogP contribution in [0.15, 0.2) is 63.4 Å². The number of aromatic nitrogens is 3. The van der Waals surface area contributed by atoms with Gasteiger partial charge in [-0.3, -0.25) is 9.59 Å². The van der Waals surface area contributed by atoms with Crippen molar-refractivity contribution in [1.82, 2.24) is 19.9 Å². The summed E-state index contributed by atoms with van der Waals surface area (Å²) in [7, 11) is 1.90. The third-order valence-electron chi connectivity index (χ3n) is 11.8. The molecule has 3 aromatic carbocycles. The molecular formula is C42H37Cl2N5O6. The molecule has 1 spiro atoms. The van der Waals surface area contributed by atoms with Gasteiger partial charge in [-0.25, -0.2) is 4.98 Å². The fraction of sp³-hybridized carbons (Fsp3) is 0.333. The molecule has 7 heterocycles. The molecule has 13 heteroatoms. The maximum Gasteiger partial charge on any atom is 0.250 e. The lowest BCUT2D eigenvalue weighted by molar-refractivity contribution is -0.135. The highest BCUT2D eigenvalue weighted by Crippen LogP contribution is 2.62. The molecule has 1 unspecified atom stereocenters. The van der Waals surface area contributed by atoms with Crippen LogP contribution in [0.2, 0.25) is 10.3 Å². The maximum absolute atomic E-state index is 14.3. The van der Waals surface area contributed by atoms with Crippen molar-refractivity contribution in [3.8, 4) is 39.8 Å². The summed E-state index contributed by atoms with van der Waals surface area (Å²) in [6, 6.07) is 17.4. The molecule has 10 bridgehead atoms. The highest BCUT2D eigenvalue weighted by atomic mass is 35.5. The summed E-state index contributed by atoms with van der Waals surface area (Å²) in [6.45, 7) is 7.49. The molecule has 3 aromatic heterocycles. The summed E-state index contributed by atoms with van der Waals surface area (Å²) in [5, 5.41) is 19.0. The number of hydrogen-bond donors (Lipinski definition) is 3. The zero-order valence-corrected chi connectivity index (χ0v) is 32.2. The predicted octanol–water partition coefficient (Wildman–Crippen LogP) is 8.22. The van der Waals surface area contributed by atoms with Crippen LogP contribution < -0.4 is 15.4 Å². The summed E-state index contributed by atoms with van der Waals surface area (Å²) in [6.07, 6.45) is -1.77. The first-order valence-corrected chi connectivity index (χ1v) is 19.3. The quantitative estimate of drug-likeness (QED) is 0.158. The lowest BCUT2D eigenvalue weighted by Crippen LogP contribution is -2.41. The maximum atomic E-state index is 14.3. The molecule has 11 nitrogen and oxygen atoms in total. The Kier molecular flexibility index (Phi) is 7.47. The molecular weight excluding hydrogens is 741 g/mol. The SMILES string of the molecule is CC(C)[C@H](O)C(=O)C[C@H]1Cc2ccc3c(c2)[C@]24c5cccc(c5NC2O3)-c2cccc3c2c(c(Cl)n3C)-c2oc(nc2Cl)-c2nc(oc24)[C@H](C(C)C)NC1=O. The Balaban J connectivity index is 1.30. The molecule has 0 saturated carbocycles. The second-order valence-corrected chi connectivity index (χ2v) is 16.5. The zero-order chi connectivity index (χ0) is 38.2. The van der Waals surface area contributed by atoms with Crippen molar-refractivity contribution in [2.24, 2.45) is 24.8 Å². The summed E-state index contributed by atoms with van der Waals surface area (Å²) in [4.78, 5) is 37.5. The van der Waals surface area contributed by atoms with Gasteiger partial charge in [0.1, 0.15) is 28.5 Å². The van der Waals surface area contributed by atoms with Crippen molar-refractivity contribution in [3.63, 3.8) is 0 Å². The summed E-state index contributed by atoms with van der Waals surface area (Å²) >= 11 is 14.1. The molecule has 0 saturated heterocycles. The fourth-order valence-electron chi connectivity index (χ4n) is 9.04. The fourth-order valence-corrected chi connectivity index (χ4v) is 9.52. The molecule has 0 aliphatic carbocycles. The third kappa shape index (κ3) is 4.66. The summed E-state index contributed by atoms with van der Waals surface area (Å²) in [5.74, 6) is -0.308. The van der Waals surface area contributed by atoms with Gasteiger partial charge in [0.05, 0.1) is 11.1 Å². The van der Waals surface area contributed by atoms with E-state index in [-0.39, 0.29) is 53.3 Å². The minimum atomic E-state index is -1.19. The number of carbonyl (C=O) groups is 2. The highest BCUT2D eigenvalue weighted by molar-refractivity contribution is 6.38. The molecule has 4 aliphatic rings. The molecule has 10 rings (SSSR count). The van der Waals surface area contributed by atoms with Gasteiger partial charge in [-0.2, -0.15) is 4.98 Å². The number of rotatable bonds is 5. The third-order valence-corrected chi connectivity index (χ3v) is 12.5. The lowest BCUT2D eigenvalue weighted by atomic mass is 9.72. The van der Waals surface area contributed by atoms with Gasteiger partial charge in [0.2, 0.25) is 11.8 Å². The molecule has 3 N–H and O–H groups in total. The number of fused-ring (bicyclic) bond motifs is 7. The van der Waals surface area contributed by atoms with E-state index in [4.69, 9.17) is 46.7 Å². The van der Waals surface area contributed by atoms with E-state index >= 15 is 0 Å². The number of para-hydroxylation sites is 1. The second-order valence-electron chi connectivity index (χ2n) is 15.8. The molecule has 1 amide bonds. The lowest BCUT2D eigenvalue weighted by Gasteiger charge is -2.28. The molecule has 280 valence electrons. The van der Waals surface area contributed by atoms with Crippen LogP contribution in [0.1, 0.15) is 68.5 Å². The topological polar surface area (TPSA) is 145 Å². The Hall–Kier alpha value is -5.10. The van der Waals surface area contributed by atoms with Crippen molar-refractivity contribution >= 4 is 51.5 Å².